The van der Waals surface area contributed by atoms with Crippen LogP contribution in [0.25, 0.3) is 0 Å². The average Bonchev–Trinajstić information content (AvgIpc) is 3.71. The van der Waals surface area contributed by atoms with Crippen LogP contribution in [0.2, 0.25) is 0 Å². The zero-order valence-corrected chi connectivity index (χ0v) is 35.0. The van der Waals surface area contributed by atoms with Gasteiger partial charge in [-0.05, 0) is 111 Å². The van der Waals surface area contributed by atoms with Crippen molar-refractivity contribution < 1.29 is 45.0 Å². The summed E-state index contributed by atoms with van der Waals surface area (Å²) in [6, 6.07) is 5.59. The van der Waals surface area contributed by atoms with Crippen LogP contribution < -0.4 is 5.32 Å². The van der Waals surface area contributed by atoms with Gasteiger partial charge in [0.25, 0.3) is 0 Å². The third-order valence-electron chi connectivity index (χ3n) is 17.4. The Kier molecular flexibility index (Phi) is 11.2. The molecule has 1 aliphatic heterocycles. The van der Waals surface area contributed by atoms with E-state index in [1.165, 1.54) is 0 Å². The van der Waals surface area contributed by atoms with Crippen LogP contribution in [-0.2, 0) is 27.4 Å². The van der Waals surface area contributed by atoms with Crippen molar-refractivity contribution in [2.75, 3.05) is 7.05 Å². The van der Waals surface area contributed by atoms with Gasteiger partial charge in [-0.2, -0.15) is 0 Å². The van der Waals surface area contributed by atoms with Crippen molar-refractivity contribution in [3.8, 4) is 11.8 Å². The number of aliphatic hydroxyl groups is 6. The van der Waals surface area contributed by atoms with Gasteiger partial charge in [0.2, 0.25) is 0 Å². The third-order valence-corrected chi connectivity index (χ3v) is 17.4. The SMILES string of the molecule is CCCCC[C@H]1C[C@]2(C=O)[C@H]3CC[C@@]45CCC#Cc6cccc(CO)c6C[C@H](NC)[C@@H]6C[C@@H](C[C@]4(O)[C@]3(O)[C@@H](O)[C@H](CCC(C)C)[C@]2(O)C[C@H]1O)[C@@H]5C1=CC(=O)O[C@H]16. The van der Waals surface area contributed by atoms with Gasteiger partial charge in [0.05, 0.1) is 29.8 Å². The lowest BCUT2D eigenvalue weighted by Crippen LogP contribution is -2.84. The molecule has 1 spiro atoms. The van der Waals surface area contributed by atoms with Crippen LogP contribution in [0, 0.1) is 64.1 Å². The van der Waals surface area contributed by atoms with E-state index in [2.05, 4.69) is 37.9 Å². The van der Waals surface area contributed by atoms with Crippen LogP contribution in [0.3, 0.4) is 0 Å². The number of hydrogen-bond acceptors (Lipinski definition) is 10. The first-order chi connectivity index (χ1) is 27.7. The van der Waals surface area contributed by atoms with E-state index in [1.807, 2.05) is 25.2 Å². The molecule has 58 heavy (non-hydrogen) atoms. The number of esters is 1. The van der Waals surface area contributed by atoms with Crippen molar-refractivity contribution in [2.45, 2.75) is 165 Å². The molecule has 8 rings (SSSR count). The number of unbranched alkanes of at least 4 members (excludes halogenated alkanes) is 2. The van der Waals surface area contributed by atoms with Crippen molar-refractivity contribution in [1.29, 1.82) is 0 Å². The summed E-state index contributed by atoms with van der Waals surface area (Å²) in [6.07, 6.45) is 6.64. The van der Waals surface area contributed by atoms with E-state index in [0.29, 0.717) is 51.4 Å². The molecule has 0 unspecified atom stereocenters. The first-order valence-electron chi connectivity index (χ1n) is 22.5. The number of ether oxygens (including phenoxy) is 1. The maximum atomic E-state index is 14.1. The third kappa shape index (κ3) is 5.84. The van der Waals surface area contributed by atoms with Gasteiger partial charge in [-0.15, -0.1) is 0 Å². The fourth-order valence-electron chi connectivity index (χ4n) is 14.8. The lowest BCUT2D eigenvalue weighted by molar-refractivity contribution is -0.370. The van der Waals surface area contributed by atoms with Crippen molar-refractivity contribution >= 4 is 12.3 Å². The Balaban J connectivity index is 1.31. The summed E-state index contributed by atoms with van der Waals surface area (Å²) in [7, 11) is 1.89. The Morgan fingerprint density at radius 3 is 2.57 bits per heavy atom. The number of rotatable bonds is 10. The van der Waals surface area contributed by atoms with Crippen LogP contribution in [0.4, 0.5) is 0 Å². The van der Waals surface area contributed by atoms with E-state index in [4.69, 9.17) is 4.74 Å². The molecule has 0 amide bonds. The molecule has 4 bridgehead atoms. The molecule has 318 valence electrons. The largest absolute Gasteiger partial charge is 0.454 e. The number of aliphatic hydroxyl groups excluding tert-OH is 3. The second-order valence-electron chi connectivity index (χ2n) is 20.1. The Hall–Kier alpha value is -2.62. The number of likely N-dealkylation sites (N-methyl/N-ethyl adjacent to an activating group) is 1. The summed E-state index contributed by atoms with van der Waals surface area (Å²) in [4.78, 5) is 27.5. The number of carbonyl (C=O) groups excluding carboxylic acids is 2. The average molecular weight is 802 g/mol. The Morgan fingerprint density at radius 1 is 1.07 bits per heavy atom. The van der Waals surface area contributed by atoms with Gasteiger partial charge < -0.3 is 45.5 Å². The van der Waals surface area contributed by atoms with Gasteiger partial charge in [-0.1, -0.05) is 70.4 Å². The molecule has 0 aromatic heterocycles. The molecule has 10 heteroatoms. The number of carbonyl (C=O) groups is 2. The first-order valence-corrected chi connectivity index (χ1v) is 22.5. The maximum Gasteiger partial charge on any atom is 0.331 e. The molecule has 1 aromatic rings. The highest BCUT2D eigenvalue weighted by atomic mass is 16.5. The minimum Gasteiger partial charge on any atom is -0.454 e. The zero-order valence-electron chi connectivity index (χ0n) is 35.0. The predicted molar refractivity (Wildman–Crippen MR) is 218 cm³/mol. The fraction of sp³-hybridized carbons (Fsp3) is 0.750. The van der Waals surface area contributed by atoms with E-state index in [0.717, 1.165) is 47.8 Å². The minimum atomic E-state index is -2.20. The lowest BCUT2D eigenvalue weighted by atomic mass is 9.35. The van der Waals surface area contributed by atoms with Crippen molar-refractivity contribution in [1.82, 2.24) is 5.32 Å². The first kappa shape index (κ1) is 42.1. The molecule has 0 radical (unpaired) electrons. The van der Waals surface area contributed by atoms with Gasteiger partial charge in [0.1, 0.15) is 23.6 Å². The summed E-state index contributed by atoms with van der Waals surface area (Å²) < 4.78 is 6.20. The normalized spacial score (nSPS) is 45.2. The van der Waals surface area contributed by atoms with E-state index >= 15 is 0 Å². The standard InChI is InChI=1S/C48H67NO9/c1-5-6-7-12-30-23-45(27-51)39-17-19-44-18-9-8-11-29-13-10-14-31(26-50)33(29)21-37(49-4)34-20-32(41(44)35-22-40(53)58-42(34)35)24-47(44,56)48(39,57)43(54)36(16-15-28(2)3)46(45,55)25-38(30)52/h10,13-14,22,27-28,30,32,34,36-39,41-43,49-50,52,54-57H,5-7,9,12,15-21,23-26H2,1-4H3/t30-,32-,34-,36-,37-,38+,39+,41+,42-,43-,44+,45-,46+,47+,48+/m0/s1. The van der Waals surface area contributed by atoms with Gasteiger partial charge >= 0.3 is 5.97 Å². The van der Waals surface area contributed by atoms with Crippen LogP contribution in [0.1, 0.15) is 127 Å². The van der Waals surface area contributed by atoms with Crippen molar-refractivity contribution in [3.63, 3.8) is 0 Å². The van der Waals surface area contributed by atoms with Crippen LogP contribution in [0.15, 0.2) is 29.8 Å². The van der Waals surface area contributed by atoms with Crippen LogP contribution in [-0.4, -0.2) is 91.1 Å². The molecular formula is C48H67NO9. The molecule has 7 aliphatic rings. The molecule has 15 atom stereocenters. The van der Waals surface area contributed by atoms with Gasteiger partial charge in [-0.25, -0.2) is 4.79 Å². The summed E-state index contributed by atoms with van der Waals surface area (Å²) >= 11 is 0. The molecule has 5 saturated carbocycles. The molecule has 1 aromatic carbocycles. The van der Waals surface area contributed by atoms with Crippen molar-refractivity contribution in [2.24, 2.45) is 52.3 Å². The monoisotopic (exact) mass is 801 g/mol. The summed E-state index contributed by atoms with van der Waals surface area (Å²) in [5.41, 5.74) is -5.08. The second-order valence-corrected chi connectivity index (χ2v) is 20.1. The van der Waals surface area contributed by atoms with Crippen LogP contribution in [0.5, 0.6) is 0 Å². The molecule has 10 nitrogen and oxygen atoms in total. The number of hydrogen-bond donors (Lipinski definition) is 7. The zero-order chi connectivity index (χ0) is 41.4. The number of nitrogens with one attached hydrogen (secondary N) is 1. The molecule has 0 saturated heterocycles. The van der Waals surface area contributed by atoms with Crippen LogP contribution >= 0.6 is 0 Å². The number of aldehydes is 1. The minimum absolute atomic E-state index is 0.0695. The van der Waals surface area contributed by atoms with E-state index in [-0.39, 0.29) is 67.9 Å². The maximum absolute atomic E-state index is 14.1. The number of benzene rings is 1. The Labute approximate surface area is 344 Å². The van der Waals surface area contributed by atoms with Crippen molar-refractivity contribution in [3.05, 3.63) is 46.5 Å². The highest BCUT2D eigenvalue weighted by Gasteiger charge is 2.84. The quantitative estimate of drug-likeness (QED) is 0.0772. The summed E-state index contributed by atoms with van der Waals surface area (Å²) in [5, 5.41) is 79.8. The molecule has 7 N–H and O–H groups in total. The van der Waals surface area contributed by atoms with Gasteiger partial charge in [0, 0.05) is 53.7 Å². The van der Waals surface area contributed by atoms with E-state index < -0.39 is 63.8 Å². The molecule has 5 fully saturated rings. The summed E-state index contributed by atoms with van der Waals surface area (Å²) in [6.45, 7) is 6.11. The Morgan fingerprint density at radius 2 is 1.86 bits per heavy atom. The highest BCUT2D eigenvalue weighted by molar-refractivity contribution is 5.86. The van der Waals surface area contributed by atoms with E-state index in [1.54, 1.807) is 6.08 Å². The van der Waals surface area contributed by atoms with Gasteiger partial charge in [-0.3, -0.25) is 0 Å². The topological polar surface area (TPSA) is 177 Å². The number of fused-ring (bicyclic) bond motifs is 8. The predicted octanol–water partition coefficient (Wildman–Crippen LogP) is 4.52. The smallest absolute Gasteiger partial charge is 0.331 e. The lowest BCUT2D eigenvalue weighted by Gasteiger charge is -2.72. The summed E-state index contributed by atoms with van der Waals surface area (Å²) in [5.74, 6) is 3.59. The van der Waals surface area contributed by atoms with Gasteiger partial charge in [0.15, 0.2) is 0 Å². The highest BCUT2D eigenvalue weighted by Crippen LogP contribution is 2.76. The Bertz CT molecular complexity index is 1850. The molecule has 1 heterocycles. The molecular weight excluding hydrogens is 735 g/mol. The van der Waals surface area contributed by atoms with E-state index in [9.17, 15) is 40.2 Å². The fourth-order valence-corrected chi connectivity index (χ4v) is 14.8. The molecule has 6 aliphatic carbocycles. The second kappa shape index (κ2) is 15.4.